The van der Waals surface area contributed by atoms with Crippen LogP contribution >= 0.6 is 28.3 Å². The molecule has 2 unspecified atom stereocenters. The molecule has 0 saturated carbocycles. The summed E-state index contributed by atoms with van der Waals surface area (Å²) in [4.78, 5) is 12.4. The van der Waals surface area contributed by atoms with Gasteiger partial charge in [-0.1, -0.05) is 41.1 Å². The van der Waals surface area contributed by atoms with E-state index >= 15 is 0 Å². The third-order valence-corrected chi connectivity index (χ3v) is 5.03. The van der Waals surface area contributed by atoms with Crippen molar-refractivity contribution in [3.8, 4) is 0 Å². The van der Waals surface area contributed by atoms with Gasteiger partial charge in [0.1, 0.15) is 0 Å². The zero-order valence-corrected chi connectivity index (χ0v) is 15.5. The predicted molar refractivity (Wildman–Crippen MR) is 97.5 cm³/mol. The number of rotatable bonds is 6. The summed E-state index contributed by atoms with van der Waals surface area (Å²) < 4.78 is 1.09. The number of carbonyl (C=O) groups is 1. The van der Waals surface area contributed by atoms with Crippen molar-refractivity contribution in [3.63, 3.8) is 0 Å². The maximum absolute atomic E-state index is 12.4. The third-order valence-electron chi connectivity index (χ3n) is 4.25. The molecule has 1 aliphatic heterocycles. The van der Waals surface area contributed by atoms with Gasteiger partial charge >= 0.3 is 0 Å². The van der Waals surface area contributed by atoms with Crippen LogP contribution in [0.1, 0.15) is 31.7 Å². The molecular weight excluding hydrogens is 364 g/mol. The van der Waals surface area contributed by atoms with Gasteiger partial charge in [0.25, 0.3) is 0 Å². The van der Waals surface area contributed by atoms with E-state index in [-0.39, 0.29) is 24.2 Å². The van der Waals surface area contributed by atoms with Crippen LogP contribution in [0.5, 0.6) is 0 Å². The summed E-state index contributed by atoms with van der Waals surface area (Å²) >= 11 is 3.56. The summed E-state index contributed by atoms with van der Waals surface area (Å²) in [7, 11) is 0. The molecule has 1 aliphatic rings. The molecule has 0 spiro atoms. The molecule has 0 radical (unpaired) electrons. The van der Waals surface area contributed by atoms with Crippen LogP contribution in [0.2, 0.25) is 0 Å². The number of hydrogen-bond donors (Lipinski definition) is 2. The summed E-state index contributed by atoms with van der Waals surface area (Å²) in [6, 6.07) is 8.15. The highest BCUT2D eigenvalue weighted by molar-refractivity contribution is 9.10. The Hall–Kier alpha value is -0.580. The molecule has 1 aromatic rings. The Balaban J connectivity index is 0.00000242. The summed E-state index contributed by atoms with van der Waals surface area (Å²) in [5, 5.41) is 6.54. The molecule has 2 rings (SSSR count). The summed E-state index contributed by atoms with van der Waals surface area (Å²) in [5.74, 6) is 0.836. The van der Waals surface area contributed by atoms with Crippen molar-refractivity contribution in [3.05, 3.63) is 34.3 Å². The summed E-state index contributed by atoms with van der Waals surface area (Å²) in [6.45, 7) is 5.03. The molecule has 124 valence electrons. The first kappa shape index (κ1) is 19.5. The van der Waals surface area contributed by atoms with Crippen LogP contribution in [0.3, 0.4) is 0 Å². The molecule has 0 aliphatic carbocycles. The molecule has 5 heteroatoms. The Labute approximate surface area is 148 Å². The maximum atomic E-state index is 12.4. The lowest BCUT2D eigenvalue weighted by Crippen LogP contribution is -2.40. The van der Waals surface area contributed by atoms with Gasteiger partial charge < -0.3 is 10.6 Å². The van der Waals surface area contributed by atoms with E-state index in [9.17, 15) is 4.79 Å². The van der Waals surface area contributed by atoms with Gasteiger partial charge in [-0.3, -0.25) is 4.79 Å². The molecule has 0 bridgehead atoms. The van der Waals surface area contributed by atoms with Crippen LogP contribution in [0.15, 0.2) is 28.7 Å². The van der Waals surface area contributed by atoms with Gasteiger partial charge in [-0.2, -0.15) is 0 Å². The van der Waals surface area contributed by atoms with Crippen molar-refractivity contribution in [1.29, 1.82) is 0 Å². The van der Waals surface area contributed by atoms with Gasteiger partial charge in [0.15, 0.2) is 0 Å². The van der Waals surface area contributed by atoms with Crippen LogP contribution in [0.4, 0.5) is 0 Å². The third kappa shape index (κ3) is 5.90. The highest BCUT2D eigenvalue weighted by atomic mass is 79.9. The van der Waals surface area contributed by atoms with Crippen LogP contribution < -0.4 is 10.6 Å². The van der Waals surface area contributed by atoms with E-state index in [1.807, 2.05) is 18.2 Å². The van der Waals surface area contributed by atoms with Crippen LogP contribution in [-0.2, 0) is 11.2 Å². The highest BCUT2D eigenvalue weighted by Gasteiger charge is 2.20. The molecule has 22 heavy (non-hydrogen) atoms. The molecule has 0 aromatic heterocycles. The highest BCUT2D eigenvalue weighted by Crippen LogP contribution is 2.21. The van der Waals surface area contributed by atoms with Crippen molar-refractivity contribution in [2.75, 3.05) is 19.6 Å². The standard InChI is InChI=1S/C17H25BrN2O.ClH/c1-2-14(10-15-7-3-4-8-16(15)18)17(21)20-12-13-6-5-9-19-11-13;/h3-4,7-8,13-14,19H,2,5-6,9-12H2,1H3,(H,20,21);1H. The van der Waals surface area contributed by atoms with Gasteiger partial charge in [0.2, 0.25) is 5.91 Å². The van der Waals surface area contributed by atoms with E-state index in [1.165, 1.54) is 18.4 Å². The fraction of sp³-hybridized carbons (Fsp3) is 0.588. The van der Waals surface area contributed by atoms with E-state index < -0.39 is 0 Å². The van der Waals surface area contributed by atoms with Gasteiger partial charge in [-0.15, -0.1) is 12.4 Å². The van der Waals surface area contributed by atoms with Crippen molar-refractivity contribution < 1.29 is 4.79 Å². The lowest BCUT2D eigenvalue weighted by Gasteiger charge is -2.24. The Morgan fingerprint density at radius 1 is 1.45 bits per heavy atom. The van der Waals surface area contributed by atoms with Crippen LogP contribution in [0.25, 0.3) is 0 Å². The number of hydrogen-bond acceptors (Lipinski definition) is 2. The normalized spacial score (nSPS) is 19.1. The minimum Gasteiger partial charge on any atom is -0.356 e. The van der Waals surface area contributed by atoms with Crippen molar-refractivity contribution >= 4 is 34.2 Å². The van der Waals surface area contributed by atoms with Crippen molar-refractivity contribution in [1.82, 2.24) is 10.6 Å². The predicted octanol–water partition coefficient (Wildman–Crippen LogP) is 3.56. The van der Waals surface area contributed by atoms with Crippen LogP contribution in [-0.4, -0.2) is 25.5 Å². The van der Waals surface area contributed by atoms with Crippen LogP contribution in [0, 0.1) is 11.8 Å². The second-order valence-electron chi connectivity index (χ2n) is 5.86. The average molecular weight is 390 g/mol. The second kappa shape index (κ2) is 10.2. The van der Waals surface area contributed by atoms with Gasteiger partial charge in [-0.05, 0) is 56.3 Å². The SMILES string of the molecule is CCC(Cc1ccccc1Br)C(=O)NCC1CCCNC1.Cl. The van der Waals surface area contributed by atoms with Crippen molar-refractivity contribution in [2.24, 2.45) is 11.8 Å². The Morgan fingerprint density at radius 3 is 2.86 bits per heavy atom. The molecule has 3 nitrogen and oxygen atoms in total. The molecule has 2 N–H and O–H groups in total. The Kier molecular flexibility index (Phi) is 9.06. The average Bonchev–Trinajstić information content (AvgIpc) is 2.53. The summed E-state index contributed by atoms with van der Waals surface area (Å²) in [6.07, 6.45) is 4.10. The fourth-order valence-electron chi connectivity index (χ4n) is 2.84. The lowest BCUT2D eigenvalue weighted by atomic mass is 9.95. The zero-order valence-electron chi connectivity index (χ0n) is 13.1. The number of benzene rings is 1. The first-order chi connectivity index (χ1) is 10.2. The molecule has 2 atom stereocenters. The molecule has 1 aromatic carbocycles. The van der Waals surface area contributed by atoms with Crippen molar-refractivity contribution in [2.45, 2.75) is 32.6 Å². The molecular formula is C17H26BrClN2O. The van der Waals surface area contributed by atoms with Gasteiger partial charge in [-0.25, -0.2) is 0 Å². The topological polar surface area (TPSA) is 41.1 Å². The first-order valence-electron chi connectivity index (χ1n) is 7.92. The van der Waals surface area contributed by atoms with E-state index in [0.717, 1.165) is 36.9 Å². The minimum absolute atomic E-state index is 0. The van der Waals surface area contributed by atoms with Gasteiger partial charge in [0, 0.05) is 16.9 Å². The maximum Gasteiger partial charge on any atom is 0.223 e. The summed E-state index contributed by atoms with van der Waals surface area (Å²) in [5.41, 5.74) is 1.21. The monoisotopic (exact) mass is 388 g/mol. The number of piperidine rings is 1. The minimum atomic E-state index is 0. The number of halogens is 2. The number of nitrogens with one attached hydrogen (secondary N) is 2. The molecule has 1 heterocycles. The van der Waals surface area contributed by atoms with E-state index in [2.05, 4.69) is 39.6 Å². The number of amides is 1. The quantitative estimate of drug-likeness (QED) is 0.781. The Morgan fingerprint density at radius 2 is 2.23 bits per heavy atom. The lowest BCUT2D eigenvalue weighted by molar-refractivity contribution is -0.125. The number of carbonyl (C=O) groups excluding carboxylic acids is 1. The largest absolute Gasteiger partial charge is 0.356 e. The van der Waals surface area contributed by atoms with E-state index in [0.29, 0.717) is 5.92 Å². The molecule has 1 amide bonds. The molecule has 1 fully saturated rings. The zero-order chi connectivity index (χ0) is 15.1. The smallest absolute Gasteiger partial charge is 0.223 e. The fourth-order valence-corrected chi connectivity index (χ4v) is 3.29. The van der Waals surface area contributed by atoms with E-state index in [4.69, 9.17) is 0 Å². The molecule has 1 saturated heterocycles. The first-order valence-corrected chi connectivity index (χ1v) is 8.71. The second-order valence-corrected chi connectivity index (χ2v) is 6.71. The van der Waals surface area contributed by atoms with Gasteiger partial charge in [0.05, 0.1) is 0 Å². The Bertz CT molecular complexity index is 464. The van der Waals surface area contributed by atoms with E-state index in [1.54, 1.807) is 0 Å².